The summed E-state index contributed by atoms with van der Waals surface area (Å²) in [6.07, 6.45) is 5.04. The van der Waals surface area contributed by atoms with Crippen LogP contribution in [0, 0.1) is 17.3 Å². The first-order valence-electron chi connectivity index (χ1n) is 16.0. The number of nitrogens with one attached hydrogen (secondary N) is 1. The van der Waals surface area contributed by atoms with Crippen molar-refractivity contribution in [3.63, 3.8) is 0 Å². The van der Waals surface area contributed by atoms with E-state index in [9.17, 15) is 19.5 Å². The van der Waals surface area contributed by atoms with E-state index in [-0.39, 0.29) is 28.8 Å². The van der Waals surface area contributed by atoms with Gasteiger partial charge in [0.15, 0.2) is 5.01 Å². The number of nitrogens with zero attached hydrogens (tertiary/aromatic N) is 3. The summed E-state index contributed by atoms with van der Waals surface area (Å²) in [5.74, 6) is -0.978. The SMILES string of the molecule is CC(C)(C)OC(=O)C1CCN(CCC(NC(=O)c2nc3cc4c(nc3s2)CC[C@H](C(C)(C)C)C4)c2cccc(C(=O)O)c2)CC1. The Hall–Kier alpha value is -3.37. The van der Waals surface area contributed by atoms with E-state index in [4.69, 9.17) is 14.7 Å². The van der Waals surface area contributed by atoms with Crippen LogP contribution in [0.1, 0.15) is 110 Å². The summed E-state index contributed by atoms with van der Waals surface area (Å²) in [5, 5.41) is 13.1. The molecule has 0 bridgehead atoms. The van der Waals surface area contributed by atoms with Gasteiger partial charge in [0.2, 0.25) is 0 Å². The molecule has 1 aromatic carbocycles. The van der Waals surface area contributed by atoms with Crippen molar-refractivity contribution in [3.05, 3.63) is 57.7 Å². The Labute approximate surface area is 269 Å². The van der Waals surface area contributed by atoms with Gasteiger partial charge in [-0.1, -0.05) is 44.2 Å². The Morgan fingerprint density at radius 1 is 1.07 bits per heavy atom. The summed E-state index contributed by atoms with van der Waals surface area (Å²) in [6, 6.07) is 8.44. The highest BCUT2D eigenvalue weighted by Crippen LogP contribution is 2.38. The molecular formula is C35H46N4O5S. The summed E-state index contributed by atoms with van der Waals surface area (Å²) in [4.78, 5) is 50.6. The normalized spacial score (nSPS) is 18.8. The number of ether oxygens (including phenoxy) is 1. The van der Waals surface area contributed by atoms with Gasteiger partial charge in [0.1, 0.15) is 15.9 Å². The molecular weight excluding hydrogens is 588 g/mol. The van der Waals surface area contributed by atoms with Gasteiger partial charge in [-0.05, 0) is 113 Å². The van der Waals surface area contributed by atoms with Crippen molar-refractivity contribution in [2.45, 2.75) is 91.7 Å². The van der Waals surface area contributed by atoms with Crippen molar-refractivity contribution < 1.29 is 24.2 Å². The lowest BCUT2D eigenvalue weighted by molar-refractivity contribution is -0.161. The average molecular weight is 635 g/mol. The minimum atomic E-state index is -1.01. The molecule has 5 rings (SSSR count). The third kappa shape index (κ3) is 8.27. The van der Waals surface area contributed by atoms with Crippen molar-refractivity contribution in [3.8, 4) is 0 Å². The number of hydrogen-bond donors (Lipinski definition) is 2. The van der Waals surface area contributed by atoms with Crippen LogP contribution in [0.5, 0.6) is 0 Å². The van der Waals surface area contributed by atoms with Crippen molar-refractivity contribution in [1.82, 2.24) is 20.2 Å². The fourth-order valence-electron chi connectivity index (χ4n) is 6.37. The number of hydrogen-bond acceptors (Lipinski definition) is 8. The second-order valence-electron chi connectivity index (χ2n) is 14.6. The summed E-state index contributed by atoms with van der Waals surface area (Å²) in [6.45, 7) is 14.7. The van der Waals surface area contributed by atoms with Crippen molar-refractivity contribution in [2.24, 2.45) is 17.3 Å². The number of esters is 1. The van der Waals surface area contributed by atoms with Crippen molar-refractivity contribution in [1.29, 1.82) is 0 Å². The number of carbonyl (C=O) groups excluding carboxylic acids is 2. The number of fused-ring (bicyclic) bond motifs is 2. The molecule has 1 saturated heterocycles. The molecule has 1 aliphatic carbocycles. The summed E-state index contributed by atoms with van der Waals surface area (Å²) in [7, 11) is 0. The van der Waals surface area contributed by atoms with Crippen LogP contribution in [0.4, 0.5) is 0 Å². The van der Waals surface area contributed by atoms with Crippen LogP contribution in [0.15, 0.2) is 30.3 Å². The van der Waals surface area contributed by atoms with Crippen molar-refractivity contribution in [2.75, 3.05) is 19.6 Å². The van der Waals surface area contributed by atoms with Crippen LogP contribution in [-0.4, -0.2) is 63.1 Å². The van der Waals surface area contributed by atoms with Crippen LogP contribution in [0.2, 0.25) is 0 Å². The number of likely N-dealkylation sites (tertiary alicyclic amines) is 1. The van der Waals surface area contributed by atoms with Gasteiger partial charge in [0.05, 0.1) is 17.5 Å². The van der Waals surface area contributed by atoms with Gasteiger partial charge in [-0.2, -0.15) is 0 Å². The van der Waals surface area contributed by atoms with Crippen molar-refractivity contribution >= 4 is 39.5 Å². The number of aryl methyl sites for hydroxylation is 1. The van der Waals surface area contributed by atoms with Gasteiger partial charge in [-0.3, -0.25) is 9.59 Å². The van der Waals surface area contributed by atoms with Crippen LogP contribution in [0.25, 0.3) is 10.3 Å². The Bertz CT molecular complexity index is 1560. The van der Waals surface area contributed by atoms with Gasteiger partial charge in [-0.25, -0.2) is 14.8 Å². The molecule has 45 heavy (non-hydrogen) atoms. The zero-order valence-corrected chi connectivity index (χ0v) is 28.1. The molecule has 0 radical (unpaired) electrons. The number of aromatic carboxylic acids is 1. The Balaban J connectivity index is 1.29. The van der Waals surface area contributed by atoms with Gasteiger partial charge in [-0.15, -0.1) is 0 Å². The molecule has 0 saturated carbocycles. The van der Waals surface area contributed by atoms with E-state index in [0.717, 1.165) is 66.8 Å². The number of thiazole rings is 1. The second kappa shape index (κ2) is 13.2. The highest BCUT2D eigenvalue weighted by atomic mass is 32.1. The smallest absolute Gasteiger partial charge is 0.335 e. The van der Waals surface area contributed by atoms with Crippen LogP contribution in [-0.2, 0) is 22.4 Å². The van der Waals surface area contributed by atoms with Gasteiger partial charge in [0.25, 0.3) is 5.91 Å². The highest BCUT2D eigenvalue weighted by Gasteiger charge is 2.31. The molecule has 1 aliphatic heterocycles. The topological polar surface area (TPSA) is 122 Å². The molecule has 10 heteroatoms. The third-order valence-corrected chi connectivity index (χ3v) is 10.0. The van der Waals surface area contributed by atoms with E-state index in [1.54, 1.807) is 18.2 Å². The lowest BCUT2D eigenvalue weighted by Crippen LogP contribution is -2.40. The zero-order valence-electron chi connectivity index (χ0n) is 27.3. The Morgan fingerprint density at radius 2 is 1.80 bits per heavy atom. The van der Waals surface area contributed by atoms with E-state index in [0.29, 0.717) is 23.9 Å². The van der Waals surface area contributed by atoms with E-state index < -0.39 is 17.6 Å². The van der Waals surface area contributed by atoms with Crippen LogP contribution >= 0.6 is 11.3 Å². The first-order valence-corrected chi connectivity index (χ1v) is 16.9. The highest BCUT2D eigenvalue weighted by molar-refractivity contribution is 7.19. The molecule has 2 atom stereocenters. The van der Waals surface area contributed by atoms with Gasteiger partial charge in [0, 0.05) is 12.2 Å². The molecule has 2 aromatic heterocycles. The molecule has 2 aliphatic rings. The number of carbonyl (C=O) groups is 3. The van der Waals surface area contributed by atoms with Crippen LogP contribution < -0.4 is 5.32 Å². The molecule has 1 fully saturated rings. The first kappa shape index (κ1) is 33.0. The van der Waals surface area contributed by atoms with E-state index in [1.807, 2.05) is 26.8 Å². The lowest BCUT2D eigenvalue weighted by atomic mass is 9.71. The maximum atomic E-state index is 13.6. The zero-order chi connectivity index (χ0) is 32.5. The fraction of sp³-hybridized carbons (Fsp3) is 0.571. The molecule has 3 aromatic rings. The molecule has 0 spiro atoms. The molecule has 1 amide bonds. The number of amides is 1. The first-order chi connectivity index (χ1) is 21.2. The number of carboxylic acids is 1. The van der Waals surface area contributed by atoms with Gasteiger partial charge >= 0.3 is 11.9 Å². The van der Waals surface area contributed by atoms with E-state index >= 15 is 0 Å². The Kier molecular flexibility index (Phi) is 9.65. The minimum Gasteiger partial charge on any atom is -0.478 e. The minimum absolute atomic E-state index is 0.110. The number of aromatic nitrogens is 2. The summed E-state index contributed by atoms with van der Waals surface area (Å²) in [5.41, 5.74) is 3.71. The predicted molar refractivity (Wildman–Crippen MR) is 176 cm³/mol. The standard InChI is InChI=1S/C35H46N4O5S/c1-34(2,3)25-10-11-26-24(19-25)20-28-30(37-26)45-31(38-28)29(40)36-27(22-8-7-9-23(18-22)32(41)42)14-17-39-15-12-21(13-16-39)33(43)44-35(4,5)6/h7-9,18,20-21,25,27H,10-17,19H2,1-6H3,(H,36,40)(H,41,42)/t25-,27?/m0/s1. The monoisotopic (exact) mass is 634 g/mol. The number of carboxylic acid groups (broad SMARTS) is 1. The van der Waals surface area contributed by atoms with Crippen LogP contribution in [0.3, 0.4) is 0 Å². The molecule has 3 heterocycles. The number of piperidine rings is 1. The summed E-state index contributed by atoms with van der Waals surface area (Å²) < 4.78 is 5.59. The fourth-order valence-corrected chi connectivity index (χ4v) is 7.21. The maximum Gasteiger partial charge on any atom is 0.335 e. The predicted octanol–water partition coefficient (Wildman–Crippen LogP) is 6.46. The largest absolute Gasteiger partial charge is 0.478 e. The molecule has 2 N–H and O–H groups in total. The second-order valence-corrected chi connectivity index (χ2v) is 15.6. The summed E-state index contributed by atoms with van der Waals surface area (Å²) >= 11 is 1.30. The van der Waals surface area contributed by atoms with Gasteiger partial charge < -0.3 is 20.1 Å². The average Bonchev–Trinajstić information content (AvgIpc) is 3.39. The molecule has 242 valence electrons. The number of rotatable bonds is 8. The molecule has 1 unspecified atom stereocenters. The third-order valence-electron chi connectivity index (χ3n) is 9.07. The lowest BCUT2D eigenvalue weighted by Gasteiger charge is -2.34. The van der Waals surface area contributed by atoms with E-state index in [2.05, 4.69) is 37.1 Å². The number of pyridine rings is 1. The Morgan fingerprint density at radius 3 is 2.47 bits per heavy atom. The quantitative estimate of drug-likeness (QED) is 0.271. The number of benzene rings is 1. The molecule has 9 nitrogen and oxygen atoms in total. The van der Waals surface area contributed by atoms with E-state index in [1.165, 1.54) is 16.9 Å². The maximum absolute atomic E-state index is 13.6.